The molecule has 166 valence electrons. The Morgan fingerprint density at radius 2 is 1.79 bits per heavy atom. The van der Waals surface area contributed by atoms with Gasteiger partial charge in [0.15, 0.2) is 6.29 Å². The maximum absolute atomic E-state index is 6.14. The third-order valence-corrected chi connectivity index (χ3v) is 7.44. The average Bonchev–Trinajstić information content (AvgIpc) is 3.07. The highest BCUT2D eigenvalue weighted by atomic mass is 16.7. The predicted molar refractivity (Wildman–Crippen MR) is 125 cm³/mol. The Morgan fingerprint density at radius 3 is 2.38 bits per heavy atom. The van der Waals surface area contributed by atoms with E-state index in [4.69, 9.17) is 9.47 Å². The first-order valence-electron chi connectivity index (χ1n) is 12.1. The number of rotatable bonds is 12. The highest BCUT2D eigenvalue weighted by Gasteiger charge is 2.42. The van der Waals surface area contributed by atoms with Crippen molar-refractivity contribution in [2.24, 2.45) is 23.2 Å². The Hall–Kier alpha value is -1.02. The summed E-state index contributed by atoms with van der Waals surface area (Å²) in [4.78, 5) is 0. The molecule has 0 radical (unpaired) electrons. The van der Waals surface area contributed by atoms with Crippen LogP contribution < -0.4 is 4.74 Å². The van der Waals surface area contributed by atoms with Crippen LogP contribution in [0.2, 0.25) is 0 Å². The molecule has 0 N–H and O–H groups in total. The van der Waals surface area contributed by atoms with Gasteiger partial charge >= 0.3 is 0 Å². The van der Waals surface area contributed by atoms with Crippen LogP contribution in [0.1, 0.15) is 105 Å². The van der Waals surface area contributed by atoms with E-state index in [-0.39, 0.29) is 6.29 Å². The summed E-state index contributed by atoms with van der Waals surface area (Å²) in [6.45, 7) is 19.3. The number of fused-ring (bicyclic) bond motifs is 1. The molecule has 29 heavy (non-hydrogen) atoms. The molecule has 2 heteroatoms. The summed E-state index contributed by atoms with van der Waals surface area (Å²) >= 11 is 0. The van der Waals surface area contributed by atoms with Crippen LogP contribution in [0.15, 0.2) is 18.2 Å². The van der Waals surface area contributed by atoms with E-state index in [1.54, 1.807) is 0 Å². The van der Waals surface area contributed by atoms with Gasteiger partial charge in [0.05, 0.1) is 6.61 Å². The van der Waals surface area contributed by atoms with E-state index >= 15 is 0 Å². The molecule has 0 aromatic heterocycles. The Balaban J connectivity index is 2.00. The van der Waals surface area contributed by atoms with Crippen LogP contribution in [0.5, 0.6) is 5.75 Å². The third kappa shape index (κ3) is 6.23. The van der Waals surface area contributed by atoms with Gasteiger partial charge < -0.3 is 9.47 Å². The van der Waals surface area contributed by atoms with Crippen molar-refractivity contribution in [1.29, 1.82) is 0 Å². The first-order chi connectivity index (χ1) is 13.7. The Morgan fingerprint density at radius 1 is 1.07 bits per heavy atom. The third-order valence-electron chi connectivity index (χ3n) is 7.44. The lowest BCUT2D eigenvalue weighted by molar-refractivity contribution is -0.0706. The van der Waals surface area contributed by atoms with Crippen molar-refractivity contribution in [3.05, 3.63) is 29.3 Å². The van der Waals surface area contributed by atoms with E-state index in [1.807, 2.05) is 6.92 Å². The molecule has 2 nitrogen and oxygen atoms in total. The summed E-state index contributed by atoms with van der Waals surface area (Å²) in [6.07, 6.45) is 7.12. The van der Waals surface area contributed by atoms with E-state index in [0.717, 1.165) is 24.7 Å². The van der Waals surface area contributed by atoms with E-state index in [0.29, 0.717) is 23.2 Å². The second kappa shape index (κ2) is 10.8. The zero-order valence-corrected chi connectivity index (χ0v) is 20.4. The maximum Gasteiger partial charge on any atom is 0.196 e. The SMILES string of the molecule is CCCC(CC)CCOC(C)Oc1ccc2c(c1)CC(C(C)(C)CC)C2C(C)C. The van der Waals surface area contributed by atoms with E-state index < -0.39 is 0 Å². The standard InChI is InChI=1S/C27H46O2/c1-9-12-21(10-2)15-16-28-20(6)29-23-13-14-24-22(17-23)18-25(26(24)19(4)5)27(7,8)11-3/h13-14,17,19-21,25-26H,9-12,15-16,18H2,1-8H3. The molecule has 1 aliphatic carbocycles. The van der Waals surface area contributed by atoms with Crippen LogP contribution in [0.4, 0.5) is 0 Å². The zero-order valence-electron chi connectivity index (χ0n) is 20.4. The number of hydrogen-bond acceptors (Lipinski definition) is 2. The minimum atomic E-state index is -0.197. The van der Waals surface area contributed by atoms with Gasteiger partial charge in [-0.05, 0) is 72.1 Å². The van der Waals surface area contributed by atoms with E-state index in [2.05, 4.69) is 66.7 Å². The first kappa shape index (κ1) is 24.3. The molecular formula is C27H46O2. The fourth-order valence-electron chi connectivity index (χ4n) is 5.17. The molecule has 0 saturated carbocycles. The van der Waals surface area contributed by atoms with Crippen LogP contribution in [-0.4, -0.2) is 12.9 Å². The van der Waals surface area contributed by atoms with Gasteiger partial charge in [0, 0.05) is 0 Å². The zero-order chi connectivity index (χ0) is 21.6. The predicted octanol–water partition coefficient (Wildman–Crippen LogP) is 7.99. The molecule has 4 atom stereocenters. The lowest BCUT2D eigenvalue weighted by atomic mass is 9.68. The van der Waals surface area contributed by atoms with Crippen LogP contribution in [0, 0.1) is 23.2 Å². The molecule has 0 aliphatic heterocycles. The molecule has 2 rings (SSSR count). The van der Waals surface area contributed by atoms with Gasteiger partial charge in [-0.1, -0.05) is 80.2 Å². The van der Waals surface area contributed by atoms with Gasteiger partial charge in [0.2, 0.25) is 0 Å². The van der Waals surface area contributed by atoms with E-state index in [9.17, 15) is 0 Å². The highest BCUT2D eigenvalue weighted by Crippen LogP contribution is 2.52. The molecule has 0 fully saturated rings. The normalized spacial score (nSPS) is 21.3. The van der Waals surface area contributed by atoms with Crippen molar-refractivity contribution in [2.75, 3.05) is 6.61 Å². The summed E-state index contributed by atoms with van der Waals surface area (Å²) in [5, 5.41) is 0. The lowest BCUT2D eigenvalue weighted by Crippen LogP contribution is -2.29. The minimum Gasteiger partial charge on any atom is -0.465 e. The molecule has 0 heterocycles. The lowest BCUT2D eigenvalue weighted by Gasteiger charge is -2.37. The van der Waals surface area contributed by atoms with Crippen LogP contribution in [0.25, 0.3) is 0 Å². The molecule has 0 bridgehead atoms. The quantitative estimate of drug-likeness (QED) is 0.330. The molecule has 0 saturated heterocycles. The van der Waals surface area contributed by atoms with Gasteiger partial charge in [-0.2, -0.15) is 0 Å². The van der Waals surface area contributed by atoms with Crippen molar-refractivity contribution < 1.29 is 9.47 Å². The Kier molecular flexibility index (Phi) is 9.07. The molecule has 1 aliphatic rings. The average molecular weight is 403 g/mol. The molecule has 4 unspecified atom stereocenters. The summed E-state index contributed by atoms with van der Waals surface area (Å²) in [5.41, 5.74) is 3.38. The van der Waals surface area contributed by atoms with Crippen molar-refractivity contribution in [3.63, 3.8) is 0 Å². The first-order valence-corrected chi connectivity index (χ1v) is 12.1. The summed E-state index contributed by atoms with van der Waals surface area (Å²) in [7, 11) is 0. The summed E-state index contributed by atoms with van der Waals surface area (Å²) in [5.74, 6) is 3.74. The van der Waals surface area contributed by atoms with Gasteiger partial charge in [-0.15, -0.1) is 0 Å². The van der Waals surface area contributed by atoms with Crippen molar-refractivity contribution in [3.8, 4) is 5.75 Å². The molecule has 1 aromatic carbocycles. The summed E-state index contributed by atoms with van der Waals surface area (Å²) < 4.78 is 12.1. The van der Waals surface area contributed by atoms with Crippen molar-refractivity contribution >= 4 is 0 Å². The monoisotopic (exact) mass is 402 g/mol. The summed E-state index contributed by atoms with van der Waals surface area (Å²) in [6, 6.07) is 6.76. The Labute approximate surface area is 180 Å². The van der Waals surface area contributed by atoms with Gasteiger partial charge in [-0.3, -0.25) is 0 Å². The van der Waals surface area contributed by atoms with Gasteiger partial charge in [0.1, 0.15) is 5.75 Å². The minimum absolute atomic E-state index is 0.197. The Bertz CT molecular complexity index is 619. The van der Waals surface area contributed by atoms with E-state index in [1.165, 1.54) is 43.2 Å². The van der Waals surface area contributed by atoms with Gasteiger partial charge in [0.25, 0.3) is 0 Å². The molecule has 0 amide bonds. The second-order valence-corrected chi connectivity index (χ2v) is 10.2. The highest BCUT2D eigenvalue weighted by molar-refractivity contribution is 5.42. The van der Waals surface area contributed by atoms with Crippen LogP contribution >= 0.6 is 0 Å². The topological polar surface area (TPSA) is 18.5 Å². The smallest absolute Gasteiger partial charge is 0.196 e. The van der Waals surface area contributed by atoms with Crippen molar-refractivity contribution in [2.45, 2.75) is 106 Å². The van der Waals surface area contributed by atoms with Crippen molar-refractivity contribution in [1.82, 2.24) is 0 Å². The molecule has 1 aromatic rings. The maximum atomic E-state index is 6.14. The van der Waals surface area contributed by atoms with Gasteiger partial charge in [-0.25, -0.2) is 0 Å². The van der Waals surface area contributed by atoms with Crippen LogP contribution in [-0.2, 0) is 11.2 Å². The molecule has 0 spiro atoms. The number of benzene rings is 1. The second-order valence-electron chi connectivity index (χ2n) is 10.2. The fraction of sp³-hybridized carbons (Fsp3) is 0.778. The number of hydrogen-bond donors (Lipinski definition) is 0. The fourth-order valence-corrected chi connectivity index (χ4v) is 5.17. The van der Waals surface area contributed by atoms with Crippen LogP contribution in [0.3, 0.4) is 0 Å². The molecular weight excluding hydrogens is 356 g/mol. The largest absolute Gasteiger partial charge is 0.465 e. The number of ether oxygens (including phenoxy) is 2.